The zero-order chi connectivity index (χ0) is 14.9. The van der Waals surface area contributed by atoms with E-state index in [1.54, 1.807) is 4.31 Å². The topological polar surface area (TPSA) is 61.4 Å². The number of rotatable bonds is 3. The van der Waals surface area contributed by atoms with Gasteiger partial charge in [0.2, 0.25) is 0 Å². The van der Waals surface area contributed by atoms with E-state index in [-0.39, 0.29) is 6.04 Å². The van der Waals surface area contributed by atoms with E-state index in [9.17, 15) is 8.42 Å². The van der Waals surface area contributed by atoms with Crippen molar-refractivity contribution in [2.75, 3.05) is 25.0 Å². The van der Waals surface area contributed by atoms with Crippen LogP contribution in [0.3, 0.4) is 0 Å². The van der Waals surface area contributed by atoms with Crippen molar-refractivity contribution < 1.29 is 8.42 Å². The molecule has 2 heterocycles. The Morgan fingerprint density at radius 1 is 1.24 bits per heavy atom. The molecular weight excluding hydrogens is 286 g/mol. The van der Waals surface area contributed by atoms with E-state index in [0.29, 0.717) is 25.6 Å². The summed E-state index contributed by atoms with van der Waals surface area (Å²) in [7, 11) is -3.37. The number of fused-ring (bicyclic) bond motifs is 1. The second kappa shape index (κ2) is 5.94. The van der Waals surface area contributed by atoms with Crippen LogP contribution in [-0.2, 0) is 16.6 Å². The average Bonchev–Trinajstić information content (AvgIpc) is 2.47. The summed E-state index contributed by atoms with van der Waals surface area (Å²) in [6.45, 7) is 4.08. The van der Waals surface area contributed by atoms with Crippen molar-refractivity contribution in [3.05, 3.63) is 29.8 Å². The molecule has 1 aromatic carbocycles. The molecule has 1 saturated heterocycles. The van der Waals surface area contributed by atoms with Crippen LogP contribution in [0.1, 0.15) is 25.3 Å². The highest BCUT2D eigenvalue weighted by atomic mass is 32.2. The maximum atomic E-state index is 12.5. The summed E-state index contributed by atoms with van der Waals surface area (Å²) in [5.74, 6) is 0.625. The van der Waals surface area contributed by atoms with Gasteiger partial charge in [-0.1, -0.05) is 25.1 Å². The van der Waals surface area contributed by atoms with Crippen LogP contribution in [0, 0.1) is 5.92 Å². The van der Waals surface area contributed by atoms with Crippen LogP contribution in [-0.4, -0.2) is 38.4 Å². The summed E-state index contributed by atoms with van der Waals surface area (Å²) in [6.07, 6.45) is 2.64. The molecule has 1 fully saturated rings. The van der Waals surface area contributed by atoms with Gasteiger partial charge >= 0.3 is 0 Å². The summed E-state index contributed by atoms with van der Waals surface area (Å²) in [5.41, 5.74) is 2.28. The molecule has 3 rings (SSSR count). The Hall–Kier alpha value is -1.11. The number of hydrogen-bond acceptors (Lipinski definition) is 3. The molecule has 5 nitrogen and oxygen atoms in total. The second-order valence-electron chi connectivity index (χ2n) is 6.14. The number of nitrogens with one attached hydrogen (secondary N) is 2. The van der Waals surface area contributed by atoms with Gasteiger partial charge < -0.3 is 5.32 Å². The fourth-order valence-electron chi connectivity index (χ4n) is 3.04. The van der Waals surface area contributed by atoms with Gasteiger partial charge in [-0.15, -0.1) is 0 Å². The van der Waals surface area contributed by atoms with E-state index in [4.69, 9.17) is 0 Å². The SMILES string of the molecule is CC1CCN(S(=O)(=O)NC2CNc3ccccc3C2)CC1. The Morgan fingerprint density at radius 3 is 2.71 bits per heavy atom. The molecule has 0 bridgehead atoms. The Morgan fingerprint density at radius 2 is 1.95 bits per heavy atom. The first kappa shape index (κ1) is 14.8. The van der Waals surface area contributed by atoms with Gasteiger partial charge in [-0.25, -0.2) is 0 Å². The van der Waals surface area contributed by atoms with Crippen molar-refractivity contribution in [3.63, 3.8) is 0 Å². The summed E-state index contributed by atoms with van der Waals surface area (Å²) < 4.78 is 29.4. The highest BCUT2D eigenvalue weighted by Gasteiger charge is 2.29. The molecule has 2 aliphatic heterocycles. The summed E-state index contributed by atoms with van der Waals surface area (Å²) in [5, 5.41) is 3.30. The molecule has 0 radical (unpaired) electrons. The van der Waals surface area contributed by atoms with Crippen LogP contribution in [0.2, 0.25) is 0 Å². The van der Waals surface area contributed by atoms with Gasteiger partial charge in [-0.05, 0) is 36.8 Å². The zero-order valence-corrected chi connectivity index (χ0v) is 13.2. The van der Waals surface area contributed by atoms with Crippen molar-refractivity contribution in [1.29, 1.82) is 0 Å². The standard InChI is InChI=1S/C15H23N3O2S/c1-12-6-8-18(9-7-12)21(19,20)17-14-10-13-4-2-3-5-15(13)16-11-14/h2-5,12,14,16-17H,6-11H2,1H3. The molecule has 0 aliphatic carbocycles. The normalized spacial score (nSPS) is 24.3. The second-order valence-corrected chi connectivity index (χ2v) is 7.85. The van der Waals surface area contributed by atoms with Crippen LogP contribution in [0.5, 0.6) is 0 Å². The van der Waals surface area contributed by atoms with Gasteiger partial charge in [0.1, 0.15) is 0 Å². The van der Waals surface area contributed by atoms with Crippen molar-refractivity contribution in [2.24, 2.45) is 5.92 Å². The molecular formula is C15H23N3O2S. The predicted molar refractivity (Wildman–Crippen MR) is 84.5 cm³/mol. The first-order valence-electron chi connectivity index (χ1n) is 7.64. The van der Waals surface area contributed by atoms with Gasteiger partial charge in [0.15, 0.2) is 0 Å². The van der Waals surface area contributed by atoms with E-state index in [2.05, 4.69) is 17.0 Å². The van der Waals surface area contributed by atoms with Crippen LogP contribution in [0.4, 0.5) is 5.69 Å². The van der Waals surface area contributed by atoms with Gasteiger partial charge in [0.05, 0.1) is 0 Å². The van der Waals surface area contributed by atoms with Gasteiger partial charge in [0.25, 0.3) is 10.2 Å². The highest BCUT2D eigenvalue weighted by Crippen LogP contribution is 2.22. The molecule has 21 heavy (non-hydrogen) atoms. The molecule has 0 aromatic heterocycles. The lowest BCUT2D eigenvalue weighted by Crippen LogP contribution is -2.51. The molecule has 2 aliphatic rings. The highest BCUT2D eigenvalue weighted by molar-refractivity contribution is 7.87. The molecule has 2 N–H and O–H groups in total. The minimum atomic E-state index is -3.37. The maximum Gasteiger partial charge on any atom is 0.279 e. The number of benzene rings is 1. The molecule has 1 atom stereocenters. The molecule has 1 aromatic rings. The molecule has 0 saturated carbocycles. The average molecular weight is 309 g/mol. The van der Waals surface area contributed by atoms with Gasteiger partial charge in [0, 0.05) is 31.4 Å². The molecule has 1 unspecified atom stereocenters. The number of nitrogens with zero attached hydrogens (tertiary/aromatic N) is 1. The summed E-state index contributed by atoms with van der Waals surface area (Å²) in [4.78, 5) is 0. The molecule has 0 spiro atoms. The zero-order valence-electron chi connectivity index (χ0n) is 12.4. The third-order valence-electron chi connectivity index (χ3n) is 4.42. The molecule has 0 amide bonds. The van der Waals surface area contributed by atoms with E-state index in [0.717, 1.165) is 24.9 Å². The fourth-order valence-corrected chi connectivity index (χ4v) is 4.46. The maximum absolute atomic E-state index is 12.5. The Balaban J connectivity index is 1.64. The van der Waals surface area contributed by atoms with Crippen LogP contribution >= 0.6 is 0 Å². The van der Waals surface area contributed by atoms with Crippen molar-refractivity contribution in [3.8, 4) is 0 Å². The van der Waals surface area contributed by atoms with Crippen molar-refractivity contribution in [1.82, 2.24) is 9.03 Å². The van der Waals surface area contributed by atoms with E-state index < -0.39 is 10.2 Å². The largest absolute Gasteiger partial charge is 0.383 e. The van der Waals surface area contributed by atoms with Crippen LogP contribution < -0.4 is 10.0 Å². The Bertz CT molecular complexity index is 595. The lowest BCUT2D eigenvalue weighted by Gasteiger charge is -2.32. The summed E-state index contributed by atoms with van der Waals surface area (Å²) in [6, 6.07) is 7.98. The van der Waals surface area contributed by atoms with Crippen molar-refractivity contribution in [2.45, 2.75) is 32.2 Å². The Labute approximate surface area is 126 Å². The Kier molecular flexibility index (Phi) is 4.19. The number of piperidine rings is 1. The van der Waals surface area contributed by atoms with E-state index >= 15 is 0 Å². The lowest BCUT2D eigenvalue weighted by atomic mass is 10.0. The quantitative estimate of drug-likeness (QED) is 0.891. The first-order chi connectivity index (χ1) is 10.0. The number of para-hydroxylation sites is 1. The molecule has 6 heteroatoms. The minimum Gasteiger partial charge on any atom is -0.383 e. The van der Waals surface area contributed by atoms with Crippen LogP contribution in [0.15, 0.2) is 24.3 Å². The van der Waals surface area contributed by atoms with Gasteiger partial charge in [-0.3, -0.25) is 0 Å². The number of anilines is 1. The first-order valence-corrected chi connectivity index (χ1v) is 9.08. The smallest absolute Gasteiger partial charge is 0.279 e. The fraction of sp³-hybridized carbons (Fsp3) is 0.600. The third-order valence-corrected chi connectivity index (χ3v) is 6.10. The van der Waals surface area contributed by atoms with E-state index in [1.807, 2.05) is 24.3 Å². The van der Waals surface area contributed by atoms with Crippen molar-refractivity contribution >= 4 is 15.9 Å². The summed E-state index contributed by atoms with van der Waals surface area (Å²) >= 11 is 0. The lowest BCUT2D eigenvalue weighted by molar-refractivity contribution is 0.283. The monoisotopic (exact) mass is 309 g/mol. The van der Waals surface area contributed by atoms with Gasteiger partial charge in [-0.2, -0.15) is 17.4 Å². The van der Waals surface area contributed by atoms with E-state index in [1.165, 1.54) is 5.56 Å². The minimum absolute atomic E-state index is 0.0794. The predicted octanol–water partition coefficient (Wildman–Crippen LogP) is 1.59. The number of hydrogen-bond donors (Lipinski definition) is 2. The third kappa shape index (κ3) is 3.39. The molecule has 116 valence electrons. The van der Waals surface area contributed by atoms with Crippen LogP contribution in [0.25, 0.3) is 0 Å².